The van der Waals surface area contributed by atoms with Crippen LogP contribution in [0.3, 0.4) is 0 Å². The minimum absolute atomic E-state index is 0.228. The molecule has 15 heavy (non-hydrogen) atoms. The predicted molar refractivity (Wildman–Crippen MR) is 63.9 cm³/mol. The fourth-order valence-electron chi connectivity index (χ4n) is 2.54. The Kier molecular flexibility index (Phi) is 5.58. The first-order chi connectivity index (χ1) is 7.19. The van der Waals surface area contributed by atoms with Crippen molar-refractivity contribution in [3.63, 3.8) is 0 Å². The molecule has 3 heteroatoms. The summed E-state index contributed by atoms with van der Waals surface area (Å²) in [4.78, 5) is 2.60. The number of ether oxygens (including phenoxy) is 1. The Hall–Kier alpha value is -0.120. The molecule has 1 heterocycles. The Balaban J connectivity index is 2.34. The Morgan fingerprint density at radius 2 is 1.93 bits per heavy atom. The lowest BCUT2D eigenvalue weighted by molar-refractivity contribution is 0.0564. The highest BCUT2D eigenvalue weighted by Crippen LogP contribution is 2.22. The molecule has 1 fully saturated rings. The van der Waals surface area contributed by atoms with Crippen molar-refractivity contribution in [3.05, 3.63) is 0 Å². The quantitative estimate of drug-likeness (QED) is 0.755. The smallest absolute Gasteiger partial charge is 0.0705 e. The van der Waals surface area contributed by atoms with Crippen LogP contribution in [0.2, 0.25) is 0 Å². The van der Waals surface area contributed by atoms with Gasteiger partial charge in [0.15, 0.2) is 0 Å². The molecule has 90 valence electrons. The molecule has 0 radical (unpaired) electrons. The van der Waals surface area contributed by atoms with Crippen LogP contribution < -0.4 is 5.73 Å². The first-order valence-corrected chi connectivity index (χ1v) is 6.17. The molecule has 3 nitrogen and oxygen atoms in total. The molecule has 0 amide bonds. The molecule has 2 N–H and O–H groups in total. The van der Waals surface area contributed by atoms with E-state index in [1.165, 1.54) is 19.3 Å². The summed E-state index contributed by atoms with van der Waals surface area (Å²) in [6, 6.07) is 1.45. The summed E-state index contributed by atoms with van der Waals surface area (Å²) in [5.74, 6) is 0. The molecule has 3 unspecified atom stereocenters. The summed E-state index contributed by atoms with van der Waals surface area (Å²) < 4.78 is 5.31. The molecular weight excluding hydrogens is 188 g/mol. The minimum Gasteiger partial charge on any atom is -0.380 e. The first-order valence-electron chi connectivity index (χ1n) is 6.17. The summed E-state index contributed by atoms with van der Waals surface area (Å²) in [5, 5.41) is 0. The largest absolute Gasteiger partial charge is 0.380 e. The summed E-state index contributed by atoms with van der Waals surface area (Å²) >= 11 is 0. The average Bonchev–Trinajstić information content (AvgIpc) is 2.23. The maximum absolute atomic E-state index is 5.62. The summed E-state index contributed by atoms with van der Waals surface area (Å²) in [5.41, 5.74) is 5.62. The van der Waals surface area contributed by atoms with E-state index >= 15 is 0 Å². The molecule has 1 rings (SSSR count). The van der Waals surface area contributed by atoms with Crippen LogP contribution in [0.25, 0.3) is 0 Å². The van der Waals surface area contributed by atoms with E-state index in [0.29, 0.717) is 6.54 Å². The van der Waals surface area contributed by atoms with Crippen LogP contribution in [-0.2, 0) is 4.74 Å². The molecule has 0 bridgehead atoms. The second-order valence-electron chi connectivity index (χ2n) is 4.75. The molecule has 0 aromatic carbocycles. The van der Waals surface area contributed by atoms with E-state index in [9.17, 15) is 0 Å². The van der Waals surface area contributed by atoms with E-state index in [-0.39, 0.29) is 6.10 Å². The van der Waals surface area contributed by atoms with E-state index in [2.05, 4.69) is 18.7 Å². The van der Waals surface area contributed by atoms with Crippen molar-refractivity contribution in [1.29, 1.82) is 0 Å². The Bertz CT molecular complexity index is 161. The first kappa shape index (κ1) is 12.9. The monoisotopic (exact) mass is 214 g/mol. The van der Waals surface area contributed by atoms with Gasteiger partial charge in [0.1, 0.15) is 0 Å². The van der Waals surface area contributed by atoms with E-state index < -0.39 is 0 Å². The number of rotatable bonds is 5. The minimum atomic E-state index is 0.228. The molecule has 3 atom stereocenters. The van der Waals surface area contributed by atoms with E-state index in [1.807, 2.05) is 0 Å². The van der Waals surface area contributed by atoms with Crippen LogP contribution in [0.15, 0.2) is 0 Å². The number of methoxy groups -OCH3 is 1. The van der Waals surface area contributed by atoms with Crippen LogP contribution >= 0.6 is 0 Å². The lowest BCUT2D eigenvalue weighted by Gasteiger charge is -2.39. The van der Waals surface area contributed by atoms with E-state index in [0.717, 1.165) is 25.0 Å². The van der Waals surface area contributed by atoms with E-state index in [4.69, 9.17) is 10.5 Å². The number of nitrogens with zero attached hydrogens (tertiary/aromatic N) is 1. The van der Waals surface area contributed by atoms with Crippen LogP contribution in [0, 0.1) is 0 Å². The fraction of sp³-hybridized carbons (Fsp3) is 1.00. The third kappa shape index (κ3) is 3.74. The molecule has 0 spiro atoms. The molecule has 0 saturated carbocycles. The zero-order valence-electron chi connectivity index (χ0n) is 10.4. The maximum Gasteiger partial charge on any atom is 0.0705 e. The third-order valence-electron chi connectivity index (χ3n) is 3.68. The highest BCUT2D eigenvalue weighted by atomic mass is 16.5. The van der Waals surface area contributed by atoms with Gasteiger partial charge >= 0.3 is 0 Å². The Labute approximate surface area is 94.0 Å². The lowest BCUT2D eigenvalue weighted by Crippen LogP contribution is -2.45. The molecular formula is C12H26N2O. The highest BCUT2D eigenvalue weighted by Gasteiger charge is 2.24. The second kappa shape index (κ2) is 6.46. The molecule has 0 aliphatic carbocycles. The van der Waals surface area contributed by atoms with E-state index in [1.54, 1.807) is 7.11 Å². The summed E-state index contributed by atoms with van der Waals surface area (Å²) in [6.07, 6.45) is 5.34. The lowest BCUT2D eigenvalue weighted by atomic mass is 9.97. The fourth-order valence-corrected chi connectivity index (χ4v) is 2.54. The van der Waals surface area contributed by atoms with Crippen LogP contribution in [0.1, 0.15) is 39.5 Å². The normalized spacial score (nSPS) is 30.4. The van der Waals surface area contributed by atoms with Gasteiger partial charge in [-0.2, -0.15) is 0 Å². The summed E-state index contributed by atoms with van der Waals surface area (Å²) in [7, 11) is 1.75. The molecule has 1 aliphatic rings. The Morgan fingerprint density at radius 1 is 1.33 bits per heavy atom. The number of nitrogens with two attached hydrogens (primary N) is 1. The highest BCUT2D eigenvalue weighted by molar-refractivity contribution is 4.80. The van der Waals surface area contributed by atoms with Crippen molar-refractivity contribution < 1.29 is 4.74 Å². The van der Waals surface area contributed by atoms with Crippen molar-refractivity contribution in [3.8, 4) is 0 Å². The summed E-state index contributed by atoms with van der Waals surface area (Å²) in [6.45, 7) is 6.42. The average molecular weight is 214 g/mol. The maximum atomic E-state index is 5.62. The van der Waals surface area contributed by atoms with Crippen molar-refractivity contribution in [2.75, 3.05) is 20.2 Å². The molecule has 1 aliphatic heterocycles. The Morgan fingerprint density at radius 3 is 2.40 bits per heavy atom. The van der Waals surface area contributed by atoms with Crippen LogP contribution in [-0.4, -0.2) is 43.3 Å². The zero-order chi connectivity index (χ0) is 11.3. The van der Waals surface area contributed by atoms with Gasteiger partial charge in [0.25, 0.3) is 0 Å². The molecule has 1 saturated heterocycles. The van der Waals surface area contributed by atoms with Gasteiger partial charge in [0, 0.05) is 32.3 Å². The van der Waals surface area contributed by atoms with Gasteiger partial charge in [-0.25, -0.2) is 0 Å². The second-order valence-corrected chi connectivity index (χ2v) is 4.75. The van der Waals surface area contributed by atoms with Crippen molar-refractivity contribution in [1.82, 2.24) is 4.90 Å². The number of hydrogen-bond donors (Lipinski definition) is 1. The molecule has 0 aromatic heterocycles. The van der Waals surface area contributed by atoms with Crippen molar-refractivity contribution in [2.24, 2.45) is 5.73 Å². The van der Waals surface area contributed by atoms with Gasteiger partial charge in [-0.05, 0) is 33.1 Å². The van der Waals surface area contributed by atoms with Crippen LogP contribution in [0.5, 0.6) is 0 Å². The van der Waals surface area contributed by atoms with Gasteiger partial charge < -0.3 is 10.5 Å². The van der Waals surface area contributed by atoms with Gasteiger partial charge in [-0.1, -0.05) is 6.42 Å². The van der Waals surface area contributed by atoms with Gasteiger partial charge in [0.2, 0.25) is 0 Å². The number of piperidine rings is 1. The predicted octanol–water partition coefficient (Wildman–Crippen LogP) is 1.61. The SMILES string of the molecule is COC(CN)CCN1C(C)CCCC1C. The standard InChI is InChI=1S/C12H26N2O/c1-10-5-4-6-11(2)14(10)8-7-12(9-13)15-3/h10-12H,4-9,13H2,1-3H3. The third-order valence-corrected chi connectivity index (χ3v) is 3.68. The molecule has 0 aromatic rings. The van der Waals surface area contributed by atoms with Crippen molar-refractivity contribution in [2.45, 2.75) is 57.7 Å². The van der Waals surface area contributed by atoms with Gasteiger partial charge in [-0.15, -0.1) is 0 Å². The zero-order valence-corrected chi connectivity index (χ0v) is 10.4. The number of likely N-dealkylation sites (tertiary alicyclic amines) is 1. The number of hydrogen-bond acceptors (Lipinski definition) is 3. The van der Waals surface area contributed by atoms with Gasteiger partial charge in [0.05, 0.1) is 6.10 Å². The van der Waals surface area contributed by atoms with Crippen LogP contribution in [0.4, 0.5) is 0 Å². The topological polar surface area (TPSA) is 38.5 Å². The van der Waals surface area contributed by atoms with Gasteiger partial charge in [-0.3, -0.25) is 4.90 Å². The van der Waals surface area contributed by atoms with Crippen molar-refractivity contribution >= 4 is 0 Å².